The van der Waals surface area contributed by atoms with Crippen molar-refractivity contribution in [3.8, 4) is 5.75 Å². The van der Waals surface area contributed by atoms with E-state index in [0.717, 1.165) is 37.9 Å². The van der Waals surface area contributed by atoms with Crippen LogP contribution in [0.5, 0.6) is 5.75 Å². The van der Waals surface area contributed by atoms with Crippen molar-refractivity contribution in [3.05, 3.63) is 53.6 Å². The van der Waals surface area contributed by atoms with Crippen molar-refractivity contribution in [2.75, 3.05) is 38.2 Å². The number of nitrogens with zero attached hydrogens (tertiary/aromatic N) is 2. The molecule has 8 heteroatoms. The normalized spacial score (nSPS) is 17.1. The van der Waals surface area contributed by atoms with E-state index >= 15 is 0 Å². The predicted molar refractivity (Wildman–Crippen MR) is 129 cm³/mol. The van der Waals surface area contributed by atoms with Crippen LogP contribution in [0, 0.1) is 0 Å². The highest BCUT2D eigenvalue weighted by atomic mass is 32.2. The number of sulfonamides is 1. The van der Waals surface area contributed by atoms with Gasteiger partial charge in [-0.05, 0) is 74.4 Å². The molecule has 0 unspecified atom stereocenters. The molecule has 0 spiro atoms. The third kappa shape index (κ3) is 5.68. The molecule has 4 rings (SSSR count). The summed E-state index contributed by atoms with van der Waals surface area (Å²) < 4.78 is 34.0. The van der Waals surface area contributed by atoms with Crippen LogP contribution in [0.2, 0.25) is 0 Å². The fourth-order valence-electron chi connectivity index (χ4n) is 4.53. The number of amides is 1. The highest BCUT2D eigenvalue weighted by Crippen LogP contribution is 2.26. The Hall–Kier alpha value is -2.58. The van der Waals surface area contributed by atoms with E-state index in [1.54, 1.807) is 11.0 Å². The second kappa shape index (κ2) is 10.6. The zero-order chi connectivity index (χ0) is 23.3. The van der Waals surface area contributed by atoms with E-state index in [1.807, 2.05) is 12.1 Å². The molecular formula is C25H33N3O4S. The quantitative estimate of drug-likeness (QED) is 0.665. The molecule has 2 aliphatic rings. The molecule has 2 aromatic rings. The van der Waals surface area contributed by atoms with Gasteiger partial charge in [0.05, 0.1) is 17.6 Å². The zero-order valence-corrected chi connectivity index (χ0v) is 20.1. The SMILES string of the molecule is COc1ccc(S(=O)(=O)NCc2ccc(N3CCCCC3)cc2)cc1C(=O)N1CCCCC1. The maximum Gasteiger partial charge on any atom is 0.257 e. The van der Waals surface area contributed by atoms with Gasteiger partial charge in [-0.1, -0.05) is 12.1 Å². The molecular weight excluding hydrogens is 438 g/mol. The zero-order valence-electron chi connectivity index (χ0n) is 19.3. The summed E-state index contributed by atoms with van der Waals surface area (Å²) in [7, 11) is -2.30. The lowest BCUT2D eigenvalue weighted by molar-refractivity contribution is 0.0720. The van der Waals surface area contributed by atoms with Gasteiger partial charge in [-0.3, -0.25) is 4.79 Å². The van der Waals surface area contributed by atoms with Crippen molar-refractivity contribution in [2.24, 2.45) is 0 Å². The standard InChI is InChI=1S/C25H33N3O4S/c1-32-24-13-12-22(18-23(24)25(29)28-16-6-3-7-17-28)33(30,31)26-19-20-8-10-21(11-9-20)27-14-4-2-5-15-27/h8-13,18,26H,2-7,14-17,19H2,1H3. The topological polar surface area (TPSA) is 79.0 Å². The van der Waals surface area contributed by atoms with Gasteiger partial charge in [0.2, 0.25) is 10.0 Å². The van der Waals surface area contributed by atoms with Crippen molar-refractivity contribution >= 4 is 21.6 Å². The number of piperidine rings is 2. The largest absolute Gasteiger partial charge is 0.496 e. The molecule has 2 heterocycles. The van der Waals surface area contributed by atoms with E-state index in [0.29, 0.717) is 18.8 Å². The molecule has 0 aromatic heterocycles. The first kappa shape index (κ1) is 23.6. The van der Waals surface area contributed by atoms with Gasteiger partial charge in [0.15, 0.2) is 0 Å². The predicted octanol–water partition coefficient (Wildman–Crippen LogP) is 3.79. The van der Waals surface area contributed by atoms with Gasteiger partial charge in [0.25, 0.3) is 5.91 Å². The van der Waals surface area contributed by atoms with Crippen LogP contribution in [-0.2, 0) is 16.6 Å². The average molecular weight is 472 g/mol. The number of benzene rings is 2. The van der Waals surface area contributed by atoms with Crippen molar-refractivity contribution < 1.29 is 17.9 Å². The second-order valence-corrected chi connectivity index (χ2v) is 10.5. The molecule has 1 amide bonds. The fourth-order valence-corrected chi connectivity index (χ4v) is 5.57. The Morgan fingerprint density at radius 3 is 2.18 bits per heavy atom. The molecule has 1 N–H and O–H groups in total. The summed E-state index contributed by atoms with van der Waals surface area (Å²) in [5.41, 5.74) is 2.35. The number of rotatable bonds is 7. The van der Waals surface area contributed by atoms with E-state index in [2.05, 4.69) is 21.8 Å². The van der Waals surface area contributed by atoms with Crippen molar-refractivity contribution in [1.82, 2.24) is 9.62 Å². The molecule has 0 radical (unpaired) electrons. The van der Waals surface area contributed by atoms with E-state index < -0.39 is 10.0 Å². The maximum atomic E-state index is 13.0. The lowest BCUT2D eigenvalue weighted by atomic mass is 10.1. The Morgan fingerprint density at radius 1 is 0.909 bits per heavy atom. The Bertz CT molecular complexity index is 1060. The molecule has 0 bridgehead atoms. The molecule has 2 aliphatic heterocycles. The minimum atomic E-state index is -3.79. The molecule has 178 valence electrons. The van der Waals surface area contributed by atoms with Gasteiger partial charge in [0, 0.05) is 38.4 Å². The summed E-state index contributed by atoms with van der Waals surface area (Å²) in [6, 6.07) is 12.5. The summed E-state index contributed by atoms with van der Waals surface area (Å²) in [4.78, 5) is 17.2. The van der Waals surface area contributed by atoms with Crippen LogP contribution in [0.4, 0.5) is 5.69 Å². The third-order valence-corrected chi connectivity index (χ3v) is 7.88. The molecule has 0 atom stereocenters. The van der Waals surface area contributed by atoms with Crippen LogP contribution in [0.1, 0.15) is 54.4 Å². The van der Waals surface area contributed by atoms with Crippen molar-refractivity contribution in [3.63, 3.8) is 0 Å². The lowest BCUT2D eigenvalue weighted by Crippen LogP contribution is -2.36. The third-order valence-electron chi connectivity index (χ3n) is 6.48. The average Bonchev–Trinajstić information content (AvgIpc) is 2.88. The first-order valence-electron chi connectivity index (χ1n) is 11.8. The van der Waals surface area contributed by atoms with Gasteiger partial charge in [0.1, 0.15) is 5.75 Å². The minimum Gasteiger partial charge on any atom is -0.496 e. The smallest absolute Gasteiger partial charge is 0.257 e. The molecule has 2 aromatic carbocycles. The van der Waals surface area contributed by atoms with Crippen LogP contribution in [0.3, 0.4) is 0 Å². The van der Waals surface area contributed by atoms with Crippen LogP contribution >= 0.6 is 0 Å². The summed E-state index contributed by atoms with van der Waals surface area (Å²) in [5, 5.41) is 0. The Labute approximate surface area is 196 Å². The van der Waals surface area contributed by atoms with E-state index in [-0.39, 0.29) is 22.9 Å². The number of anilines is 1. The molecule has 0 saturated carbocycles. The lowest BCUT2D eigenvalue weighted by Gasteiger charge is -2.28. The maximum absolute atomic E-state index is 13.0. The number of hydrogen-bond donors (Lipinski definition) is 1. The van der Waals surface area contributed by atoms with Crippen LogP contribution in [0.25, 0.3) is 0 Å². The van der Waals surface area contributed by atoms with Gasteiger partial charge in [-0.15, -0.1) is 0 Å². The molecule has 0 aliphatic carbocycles. The molecule has 7 nitrogen and oxygen atoms in total. The highest BCUT2D eigenvalue weighted by molar-refractivity contribution is 7.89. The number of carbonyl (C=O) groups excluding carboxylic acids is 1. The van der Waals surface area contributed by atoms with E-state index in [9.17, 15) is 13.2 Å². The number of ether oxygens (including phenoxy) is 1. The first-order valence-corrected chi connectivity index (χ1v) is 13.3. The Kier molecular flexibility index (Phi) is 7.55. The molecule has 2 fully saturated rings. The molecule has 2 saturated heterocycles. The van der Waals surface area contributed by atoms with Gasteiger partial charge < -0.3 is 14.5 Å². The number of likely N-dealkylation sites (tertiary alicyclic amines) is 1. The van der Waals surface area contributed by atoms with E-state index in [4.69, 9.17) is 4.74 Å². The first-order chi connectivity index (χ1) is 16.0. The summed E-state index contributed by atoms with van der Waals surface area (Å²) in [5.74, 6) is 0.203. The second-order valence-electron chi connectivity index (χ2n) is 8.75. The van der Waals surface area contributed by atoms with Gasteiger partial charge in [-0.25, -0.2) is 13.1 Å². The van der Waals surface area contributed by atoms with E-state index in [1.165, 1.54) is 44.2 Å². The molecule has 33 heavy (non-hydrogen) atoms. The number of carbonyl (C=O) groups is 1. The number of nitrogens with one attached hydrogen (secondary N) is 1. The van der Waals surface area contributed by atoms with Crippen molar-refractivity contribution in [1.29, 1.82) is 0 Å². The van der Waals surface area contributed by atoms with Crippen LogP contribution < -0.4 is 14.4 Å². The number of hydrogen-bond acceptors (Lipinski definition) is 5. The monoisotopic (exact) mass is 471 g/mol. The number of methoxy groups -OCH3 is 1. The Balaban J connectivity index is 1.46. The summed E-state index contributed by atoms with van der Waals surface area (Å²) in [6.07, 6.45) is 6.75. The van der Waals surface area contributed by atoms with Gasteiger partial charge in [-0.2, -0.15) is 0 Å². The van der Waals surface area contributed by atoms with Gasteiger partial charge >= 0.3 is 0 Å². The fraction of sp³-hybridized carbons (Fsp3) is 0.480. The minimum absolute atomic E-state index is 0.0635. The van der Waals surface area contributed by atoms with Crippen LogP contribution in [-0.4, -0.2) is 52.5 Å². The summed E-state index contributed by atoms with van der Waals surface area (Å²) >= 11 is 0. The summed E-state index contributed by atoms with van der Waals surface area (Å²) in [6.45, 7) is 3.70. The van der Waals surface area contributed by atoms with Crippen molar-refractivity contribution in [2.45, 2.75) is 50.0 Å². The Morgan fingerprint density at radius 2 is 1.55 bits per heavy atom. The highest BCUT2D eigenvalue weighted by Gasteiger charge is 2.24. The van der Waals surface area contributed by atoms with Crippen LogP contribution in [0.15, 0.2) is 47.4 Å².